The molecule has 1 aliphatic rings. The van der Waals surface area contributed by atoms with Gasteiger partial charge in [0.2, 0.25) is 0 Å². The average Bonchev–Trinajstić information content (AvgIpc) is 2.62. The molecule has 0 radical (unpaired) electrons. The van der Waals surface area contributed by atoms with Gasteiger partial charge < -0.3 is 14.4 Å². The molecule has 1 aliphatic heterocycles. The van der Waals surface area contributed by atoms with Gasteiger partial charge in [0.05, 0.1) is 0 Å². The van der Waals surface area contributed by atoms with Crippen LogP contribution in [0.3, 0.4) is 0 Å². The topological polar surface area (TPSA) is 53.7 Å². The second-order valence-corrected chi connectivity index (χ2v) is 5.41. The number of nitrogens with zero attached hydrogens (tertiary/aromatic N) is 1. The highest BCUT2D eigenvalue weighted by Crippen LogP contribution is 2.36. The Balaban J connectivity index is 2.25. The molecule has 0 bridgehead atoms. The second-order valence-electron chi connectivity index (χ2n) is 5.00. The number of rotatable bonds is 2. The second kappa shape index (κ2) is 4.96. The molecule has 1 aromatic heterocycles. The summed E-state index contributed by atoms with van der Waals surface area (Å²) < 4.78 is 5.78. The number of carboxylic acids is 1. The van der Waals surface area contributed by atoms with E-state index in [9.17, 15) is 4.79 Å². The van der Waals surface area contributed by atoms with E-state index >= 15 is 0 Å². The molecule has 4 nitrogen and oxygen atoms in total. The van der Waals surface area contributed by atoms with Crippen molar-refractivity contribution < 1.29 is 14.3 Å². The summed E-state index contributed by atoms with van der Waals surface area (Å²) >= 11 is 6.29. The molecular formula is C15H14ClNO3. The molecule has 0 unspecified atom stereocenters. The van der Waals surface area contributed by atoms with Crippen molar-refractivity contribution in [3.63, 3.8) is 0 Å². The van der Waals surface area contributed by atoms with Crippen molar-refractivity contribution in [3.05, 3.63) is 40.1 Å². The Hall–Kier alpha value is -1.78. The van der Waals surface area contributed by atoms with E-state index in [4.69, 9.17) is 21.1 Å². The van der Waals surface area contributed by atoms with Crippen LogP contribution in [-0.2, 0) is 17.8 Å². The van der Waals surface area contributed by atoms with Crippen LogP contribution in [0.2, 0.25) is 5.02 Å². The summed E-state index contributed by atoms with van der Waals surface area (Å²) in [4.78, 5) is 12.9. The molecule has 0 fully saturated rings. The van der Waals surface area contributed by atoms with Crippen LogP contribution in [0.15, 0.2) is 22.6 Å². The van der Waals surface area contributed by atoms with Gasteiger partial charge in [-0.25, -0.2) is 4.79 Å². The lowest BCUT2D eigenvalue weighted by Crippen LogP contribution is -2.18. The largest absolute Gasteiger partial charge is 0.478 e. The van der Waals surface area contributed by atoms with Gasteiger partial charge in [-0.1, -0.05) is 11.6 Å². The van der Waals surface area contributed by atoms with E-state index in [1.165, 1.54) is 6.08 Å². The predicted octanol–water partition coefficient (Wildman–Crippen LogP) is 3.17. The maximum Gasteiger partial charge on any atom is 0.328 e. The monoisotopic (exact) mass is 291 g/mol. The predicted molar refractivity (Wildman–Crippen MR) is 77.9 cm³/mol. The number of halogens is 1. The number of carboxylic acid groups (broad SMARTS) is 1. The Labute approximate surface area is 121 Å². The van der Waals surface area contributed by atoms with Gasteiger partial charge in [0, 0.05) is 35.1 Å². The minimum atomic E-state index is -0.988. The lowest BCUT2D eigenvalue weighted by molar-refractivity contribution is -0.131. The average molecular weight is 292 g/mol. The fourth-order valence-electron chi connectivity index (χ4n) is 2.65. The van der Waals surface area contributed by atoms with Crippen LogP contribution in [0.25, 0.3) is 17.0 Å². The molecule has 0 atom stereocenters. The molecule has 3 rings (SSSR count). The van der Waals surface area contributed by atoms with Gasteiger partial charge >= 0.3 is 5.97 Å². The molecule has 2 heterocycles. The van der Waals surface area contributed by atoms with Gasteiger partial charge in [-0.15, -0.1) is 0 Å². The molecule has 0 aliphatic carbocycles. The van der Waals surface area contributed by atoms with Crippen LogP contribution < -0.4 is 0 Å². The zero-order chi connectivity index (χ0) is 14.3. The third kappa shape index (κ3) is 2.21. The van der Waals surface area contributed by atoms with Crippen LogP contribution in [0, 0.1) is 0 Å². The van der Waals surface area contributed by atoms with Crippen molar-refractivity contribution in [2.75, 3.05) is 13.6 Å². The summed E-state index contributed by atoms with van der Waals surface area (Å²) in [5, 5.41) is 10.5. The fraction of sp³-hybridized carbons (Fsp3) is 0.267. The van der Waals surface area contributed by atoms with Crippen LogP contribution in [0.1, 0.15) is 16.9 Å². The maximum absolute atomic E-state index is 10.7. The Morgan fingerprint density at radius 3 is 3.00 bits per heavy atom. The molecule has 0 amide bonds. The zero-order valence-corrected chi connectivity index (χ0v) is 11.8. The first-order valence-corrected chi connectivity index (χ1v) is 6.76. The highest BCUT2D eigenvalue weighted by molar-refractivity contribution is 6.32. The van der Waals surface area contributed by atoms with Crippen molar-refractivity contribution in [2.24, 2.45) is 0 Å². The molecule has 104 valence electrons. The summed E-state index contributed by atoms with van der Waals surface area (Å²) in [5.74, 6) is -0.391. The minimum absolute atomic E-state index is 0.597. The summed E-state index contributed by atoms with van der Waals surface area (Å²) in [6, 6.07) is 3.68. The van der Waals surface area contributed by atoms with E-state index in [0.29, 0.717) is 5.76 Å². The number of aliphatic carboxylic acids is 1. The third-order valence-corrected chi connectivity index (χ3v) is 3.94. The highest BCUT2D eigenvalue weighted by Gasteiger charge is 2.22. The Bertz CT molecular complexity index is 717. The van der Waals surface area contributed by atoms with Crippen LogP contribution in [-0.4, -0.2) is 29.6 Å². The number of furan rings is 1. The molecule has 20 heavy (non-hydrogen) atoms. The number of likely N-dealkylation sites (N-methyl/N-ethyl adjacent to an activating group) is 1. The molecule has 5 heteroatoms. The number of hydrogen-bond acceptors (Lipinski definition) is 3. The first-order valence-electron chi connectivity index (χ1n) is 6.38. The summed E-state index contributed by atoms with van der Waals surface area (Å²) in [6.07, 6.45) is 3.47. The Morgan fingerprint density at radius 1 is 1.45 bits per heavy atom. The van der Waals surface area contributed by atoms with Crippen LogP contribution in [0.4, 0.5) is 0 Å². The van der Waals surface area contributed by atoms with Crippen molar-refractivity contribution in [2.45, 2.75) is 13.0 Å². The lowest BCUT2D eigenvalue weighted by atomic mass is 10.0. The summed E-state index contributed by atoms with van der Waals surface area (Å²) in [6.45, 7) is 1.63. The fourth-order valence-corrected chi connectivity index (χ4v) is 2.91. The molecule has 0 saturated heterocycles. The van der Waals surface area contributed by atoms with Crippen LogP contribution >= 0.6 is 11.6 Å². The summed E-state index contributed by atoms with van der Waals surface area (Å²) in [5.41, 5.74) is 2.86. The first-order chi connectivity index (χ1) is 9.56. The van der Waals surface area contributed by atoms with E-state index in [1.807, 2.05) is 19.2 Å². The standard InChI is InChI=1S/C15H14ClNO3/c1-17-7-6-9-11(16)2-3-13-15(9)10(8-17)12(20-13)4-5-14(18)19/h2-5H,6-8H2,1H3,(H,18,19). The lowest BCUT2D eigenvalue weighted by Gasteiger charge is -2.12. The van der Waals surface area contributed by atoms with Gasteiger partial charge in [-0.05, 0) is 37.2 Å². The zero-order valence-electron chi connectivity index (χ0n) is 11.0. The Kier molecular flexibility index (Phi) is 3.28. The van der Waals surface area contributed by atoms with E-state index in [1.54, 1.807) is 0 Å². The van der Waals surface area contributed by atoms with Gasteiger partial charge in [0.25, 0.3) is 0 Å². The van der Waals surface area contributed by atoms with Gasteiger partial charge in [0.1, 0.15) is 11.3 Å². The molecule has 1 N–H and O–H groups in total. The SMILES string of the molecule is CN1CCc2c(Cl)ccc3oc(C=CC(=O)O)c(c23)C1. The van der Waals surface area contributed by atoms with Gasteiger partial charge in [-0.3, -0.25) is 0 Å². The van der Waals surface area contributed by atoms with E-state index in [2.05, 4.69) is 4.90 Å². The van der Waals surface area contributed by atoms with Gasteiger partial charge in [0.15, 0.2) is 0 Å². The normalized spacial score (nSPS) is 15.9. The quantitative estimate of drug-likeness (QED) is 0.864. The highest BCUT2D eigenvalue weighted by atomic mass is 35.5. The number of hydrogen-bond donors (Lipinski definition) is 1. The third-order valence-electron chi connectivity index (χ3n) is 3.59. The summed E-state index contributed by atoms with van der Waals surface area (Å²) in [7, 11) is 2.03. The van der Waals surface area contributed by atoms with Gasteiger partial charge in [-0.2, -0.15) is 0 Å². The molecule has 2 aromatic rings. The van der Waals surface area contributed by atoms with Crippen molar-refractivity contribution >= 4 is 34.6 Å². The smallest absolute Gasteiger partial charge is 0.328 e. The van der Waals surface area contributed by atoms with Crippen molar-refractivity contribution in [3.8, 4) is 0 Å². The Morgan fingerprint density at radius 2 is 2.25 bits per heavy atom. The van der Waals surface area contributed by atoms with E-state index in [-0.39, 0.29) is 0 Å². The number of benzene rings is 1. The number of carbonyl (C=O) groups is 1. The molecule has 1 aromatic carbocycles. The molecule has 0 spiro atoms. The molecular weight excluding hydrogens is 278 g/mol. The first kappa shape index (κ1) is 13.2. The van der Waals surface area contributed by atoms with Crippen molar-refractivity contribution in [1.29, 1.82) is 0 Å². The van der Waals surface area contributed by atoms with Crippen LogP contribution in [0.5, 0.6) is 0 Å². The van der Waals surface area contributed by atoms with E-state index < -0.39 is 5.97 Å². The maximum atomic E-state index is 10.7. The van der Waals surface area contributed by atoms with E-state index in [0.717, 1.165) is 52.7 Å². The van der Waals surface area contributed by atoms with Crippen molar-refractivity contribution in [1.82, 2.24) is 4.90 Å². The molecule has 0 saturated carbocycles. The minimum Gasteiger partial charge on any atom is -0.478 e.